The molecule has 1 aromatic rings. The van der Waals surface area contributed by atoms with Gasteiger partial charge in [0.25, 0.3) is 5.56 Å². The number of nitrogen functional groups attached to an aromatic ring is 1. The first-order valence-corrected chi connectivity index (χ1v) is 3.44. The second-order valence-corrected chi connectivity index (χ2v) is 2.33. The van der Waals surface area contributed by atoms with Crippen LogP contribution in [0.4, 0.5) is 11.5 Å². The van der Waals surface area contributed by atoms with Crippen LogP contribution >= 0.6 is 0 Å². The molecule has 0 spiro atoms. The third-order valence-electron chi connectivity index (χ3n) is 1.58. The van der Waals surface area contributed by atoms with Gasteiger partial charge in [0, 0.05) is 7.05 Å². The molecule has 13 heavy (non-hydrogen) atoms. The van der Waals surface area contributed by atoms with Gasteiger partial charge < -0.3 is 21.1 Å². The summed E-state index contributed by atoms with van der Waals surface area (Å²) in [6.07, 6.45) is 0. The zero-order chi connectivity index (χ0) is 10.0. The number of anilines is 2. The van der Waals surface area contributed by atoms with Crippen LogP contribution in [0.3, 0.4) is 0 Å². The Hall–Kier alpha value is -2.16. The molecule has 0 aliphatic rings. The van der Waals surface area contributed by atoms with Crippen LogP contribution in [0.2, 0.25) is 0 Å². The molecule has 1 heterocycles. The largest absolute Gasteiger partial charge is 0.504 e. The smallest absolute Gasteiger partial charge is 0.271 e. The zero-order valence-corrected chi connectivity index (χ0v) is 6.88. The van der Waals surface area contributed by atoms with Crippen molar-refractivity contribution in [3.8, 4) is 11.8 Å². The lowest BCUT2D eigenvalue weighted by Crippen LogP contribution is -2.14. The Balaban J connectivity index is 3.60. The summed E-state index contributed by atoms with van der Waals surface area (Å²) in [5.74, 6) is -0.421. The molecular formula is C7H8N4O2. The van der Waals surface area contributed by atoms with Gasteiger partial charge in [-0.15, -0.1) is 0 Å². The Morgan fingerprint density at radius 3 is 2.77 bits per heavy atom. The van der Waals surface area contributed by atoms with E-state index < -0.39 is 11.3 Å². The lowest BCUT2D eigenvalue weighted by atomic mass is 10.2. The molecule has 0 saturated heterocycles. The summed E-state index contributed by atoms with van der Waals surface area (Å²) in [5.41, 5.74) is 4.47. The molecule has 6 nitrogen and oxygen atoms in total. The predicted molar refractivity (Wildman–Crippen MR) is 47.4 cm³/mol. The van der Waals surface area contributed by atoms with Gasteiger partial charge in [-0.1, -0.05) is 0 Å². The topological polar surface area (TPSA) is 115 Å². The van der Waals surface area contributed by atoms with Gasteiger partial charge >= 0.3 is 0 Å². The van der Waals surface area contributed by atoms with E-state index in [0.29, 0.717) is 0 Å². The number of H-pyrrole nitrogens is 1. The summed E-state index contributed by atoms with van der Waals surface area (Å²) in [4.78, 5) is 13.2. The van der Waals surface area contributed by atoms with E-state index in [9.17, 15) is 9.90 Å². The molecule has 1 aromatic heterocycles. The third kappa shape index (κ3) is 1.27. The minimum absolute atomic E-state index is 0.00370. The lowest BCUT2D eigenvalue weighted by molar-refractivity contribution is 0.474. The highest BCUT2D eigenvalue weighted by Crippen LogP contribution is 2.27. The number of rotatable bonds is 1. The summed E-state index contributed by atoms with van der Waals surface area (Å²) in [5, 5.41) is 20.4. The van der Waals surface area contributed by atoms with Crippen molar-refractivity contribution in [1.82, 2.24) is 4.98 Å². The van der Waals surface area contributed by atoms with Crippen LogP contribution in [0.5, 0.6) is 5.75 Å². The standard InChI is InChI=1S/C7H8N4O2/c1-10-4-5(12)3(2-8)7(13)11-6(4)9/h10H,1H3,(H4,9,11,12,13). The van der Waals surface area contributed by atoms with E-state index in [4.69, 9.17) is 11.0 Å². The van der Waals surface area contributed by atoms with E-state index in [-0.39, 0.29) is 17.1 Å². The molecule has 68 valence electrons. The van der Waals surface area contributed by atoms with Crippen molar-refractivity contribution >= 4 is 11.5 Å². The Kier molecular flexibility index (Phi) is 2.11. The number of nitrogens with two attached hydrogens (primary N) is 1. The van der Waals surface area contributed by atoms with Crippen LogP contribution in [-0.4, -0.2) is 17.1 Å². The van der Waals surface area contributed by atoms with Crippen molar-refractivity contribution in [3.63, 3.8) is 0 Å². The number of nitrogens with zero attached hydrogens (tertiary/aromatic N) is 1. The van der Waals surface area contributed by atoms with Gasteiger partial charge in [-0.2, -0.15) is 5.26 Å². The lowest BCUT2D eigenvalue weighted by Gasteiger charge is -2.06. The van der Waals surface area contributed by atoms with E-state index in [1.165, 1.54) is 7.05 Å². The molecule has 0 saturated carbocycles. The first-order chi connectivity index (χ1) is 6.11. The van der Waals surface area contributed by atoms with Crippen molar-refractivity contribution in [2.24, 2.45) is 0 Å². The average Bonchev–Trinajstić information content (AvgIpc) is 2.04. The van der Waals surface area contributed by atoms with Gasteiger partial charge in [0.15, 0.2) is 11.3 Å². The maximum absolute atomic E-state index is 11.0. The molecule has 0 aromatic carbocycles. The third-order valence-corrected chi connectivity index (χ3v) is 1.58. The summed E-state index contributed by atoms with van der Waals surface area (Å²) in [6, 6.07) is 1.58. The number of hydrogen-bond donors (Lipinski definition) is 4. The normalized spacial score (nSPS) is 9.23. The fourth-order valence-electron chi connectivity index (χ4n) is 0.964. The minimum atomic E-state index is -0.698. The quantitative estimate of drug-likeness (QED) is 0.468. The zero-order valence-electron chi connectivity index (χ0n) is 6.88. The Labute approximate surface area is 73.6 Å². The van der Waals surface area contributed by atoms with Crippen LogP contribution in [0.25, 0.3) is 0 Å². The van der Waals surface area contributed by atoms with Gasteiger partial charge in [-0.3, -0.25) is 4.79 Å². The number of pyridine rings is 1. The molecule has 0 bridgehead atoms. The van der Waals surface area contributed by atoms with Crippen molar-refractivity contribution in [1.29, 1.82) is 5.26 Å². The van der Waals surface area contributed by atoms with Gasteiger partial charge in [0.2, 0.25) is 0 Å². The summed E-state index contributed by atoms with van der Waals surface area (Å²) in [6.45, 7) is 0. The van der Waals surface area contributed by atoms with E-state index in [1.807, 2.05) is 0 Å². The monoisotopic (exact) mass is 180 g/mol. The Morgan fingerprint density at radius 1 is 1.69 bits per heavy atom. The number of nitriles is 1. The van der Waals surface area contributed by atoms with Crippen molar-refractivity contribution < 1.29 is 5.11 Å². The molecule has 1 rings (SSSR count). The Morgan fingerprint density at radius 2 is 2.31 bits per heavy atom. The van der Waals surface area contributed by atoms with E-state index in [1.54, 1.807) is 6.07 Å². The molecule has 0 amide bonds. The van der Waals surface area contributed by atoms with E-state index in [2.05, 4.69) is 10.3 Å². The second-order valence-electron chi connectivity index (χ2n) is 2.33. The first kappa shape index (κ1) is 8.93. The van der Waals surface area contributed by atoms with Crippen LogP contribution < -0.4 is 16.6 Å². The molecule has 0 aliphatic carbocycles. The first-order valence-electron chi connectivity index (χ1n) is 3.44. The molecule has 0 atom stereocenters. The number of aromatic hydroxyl groups is 1. The molecule has 5 N–H and O–H groups in total. The number of aromatic nitrogens is 1. The van der Waals surface area contributed by atoms with Gasteiger partial charge in [-0.05, 0) is 0 Å². The fraction of sp³-hybridized carbons (Fsp3) is 0.143. The van der Waals surface area contributed by atoms with Crippen molar-refractivity contribution in [3.05, 3.63) is 15.9 Å². The summed E-state index contributed by atoms with van der Waals surface area (Å²) >= 11 is 0. The molecule has 6 heteroatoms. The van der Waals surface area contributed by atoms with Gasteiger partial charge in [0.05, 0.1) is 0 Å². The summed E-state index contributed by atoms with van der Waals surface area (Å²) in [7, 11) is 1.52. The van der Waals surface area contributed by atoms with E-state index >= 15 is 0 Å². The molecule has 0 unspecified atom stereocenters. The summed E-state index contributed by atoms with van der Waals surface area (Å²) < 4.78 is 0. The fourth-order valence-corrected chi connectivity index (χ4v) is 0.964. The number of nitrogens with one attached hydrogen (secondary N) is 2. The highest BCUT2D eigenvalue weighted by molar-refractivity contribution is 5.72. The highest BCUT2D eigenvalue weighted by Gasteiger charge is 2.13. The SMILES string of the molecule is CNc1c(N)[nH]c(=O)c(C#N)c1O. The van der Waals surface area contributed by atoms with Crippen LogP contribution in [0.15, 0.2) is 4.79 Å². The maximum atomic E-state index is 11.0. The Bertz CT molecular complexity index is 429. The van der Waals surface area contributed by atoms with Crippen LogP contribution in [0, 0.1) is 11.3 Å². The number of aromatic amines is 1. The average molecular weight is 180 g/mol. The van der Waals surface area contributed by atoms with Crippen molar-refractivity contribution in [2.45, 2.75) is 0 Å². The molecule has 0 radical (unpaired) electrons. The second kappa shape index (κ2) is 3.06. The highest BCUT2D eigenvalue weighted by atomic mass is 16.3. The van der Waals surface area contributed by atoms with Crippen LogP contribution in [0.1, 0.15) is 5.56 Å². The molecular weight excluding hydrogens is 172 g/mol. The van der Waals surface area contributed by atoms with Gasteiger partial charge in [-0.25, -0.2) is 0 Å². The van der Waals surface area contributed by atoms with Crippen molar-refractivity contribution in [2.75, 3.05) is 18.1 Å². The minimum Gasteiger partial charge on any atom is -0.504 e. The maximum Gasteiger partial charge on any atom is 0.271 e. The van der Waals surface area contributed by atoms with E-state index in [0.717, 1.165) is 0 Å². The molecule has 0 aliphatic heterocycles. The number of hydrogen-bond acceptors (Lipinski definition) is 5. The van der Waals surface area contributed by atoms with Crippen LogP contribution in [-0.2, 0) is 0 Å². The predicted octanol–water partition coefficient (Wildman–Crippen LogP) is -0.424. The molecule has 0 fully saturated rings. The van der Waals surface area contributed by atoms with Gasteiger partial charge in [0.1, 0.15) is 17.6 Å².